The lowest BCUT2D eigenvalue weighted by Gasteiger charge is -2.04. The van der Waals surface area contributed by atoms with Gasteiger partial charge in [-0.05, 0) is 35.7 Å². The minimum atomic E-state index is 0.387. The second kappa shape index (κ2) is 2.69. The Bertz CT molecular complexity index is 320. The lowest BCUT2D eigenvalue weighted by Crippen LogP contribution is -2.01. The lowest BCUT2D eigenvalue weighted by atomic mass is 10.2. The van der Waals surface area contributed by atoms with Crippen molar-refractivity contribution in [2.24, 2.45) is 0 Å². The van der Waals surface area contributed by atoms with E-state index in [1.807, 2.05) is 6.92 Å². The molecule has 1 aromatic rings. The molecule has 0 spiro atoms. The average Bonchev–Trinajstić information content (AvgIpc) is 2.79. The molecule has 0 radical (unpaired) electrons. The van der Waals surface area contributed by atoms with E-state index < -0.39 is 0 Å². The molecule has 12 heavy (non-hydrogen) atoms. The number of aryl methyl sites for hydroxylation is 1. The van der Waals surface area contributed by atoms with E-state index in [1.165, 1.54) is 12.8 Å². The largest absolute Gasteiger partial charge is 0.368 e. The Balaban J connectivity index is 2.51. The summed E-state index contributed by atoms with van der Waals surface area (Å²) in [5, 5.41) is 0. The molecule has 0 bridgehead atoms. The van der Waals surface area contributed by atoms with Crippen LogP contribution in [0.3, 0.4) is 0 Å². The predicted octanol–water partition coefficient (Wildman–Crippen LogP) is 2.01. The maximum atomic E-state index is 5.55. The molecule has 1 aromatic heterocycles. The van der Waals surface area contributed by atoms with Crippen LogP contribution in [0.5, 0.6) is 0 Å². The van der Waals surface area contributed by atoms with E-state index >= 15 is 0 Å². The SMILES string of the molecule is Cc1nc(N)nc(C2CC2)c1Br. The van der Waals surface area contributed by atoms with E-state index in [0.717, 1.165) is 15.9 Å². The lowest BCUT2D eigenvalue weighted by molar-refractivity contribution is 0.960. The highest BCUT2D eigenvalue weighted by Gasteiger charge is 2.28. The van der Waals surface area contributed by atoms with Crippen LogP contribution < -0.4 is 5.73 Å². The third-order valence-corrected chi connectivity index (χ3v) is 3.00. The Morgan fingerprint density at radius 1 is 1.42 bits per heavy atom. The smallest absolute Gasteiger partial charge is 0.220 e. The standard InChI is InChI=1S/C8H10BrN3/c1-4-6(9)7(5-2-3-5)12-8(10)11-4/h5H,2-3H2,1H3,(H2,10,11,12). The van der Waals surface area contributed by atoms with E-state index in [-0.39, 0.29) is 0 Å². The van der Waals surface area contributed by atoms with Gasteiger partial charge < -0.3 is 5.73 Å². The number of rotatable bonds is 1. The van der Waals surface area contributed by atoms with E-state index in [4.69, 9.17) is 5.73 Å². The van der Waals surface area contributed by atoms with Crippen molar-refractivity contribution in [3.8, 4) is 0 Å². The Kier molecular flexibility index (Phi) is 1.79. The van der Waals surface area contributed by atoms with Crippen molar-refractivity contribution in [1.82, 2.24) is 9.97 Å². The molecule has 1 aliphatic rings. The first-order valence-electron chi connectivity index (χ1n) is 3.98. The minimum Gasteiger partial charge on any atom is -0.368 e. The average molecular weight is 228 g/mol. The number of hydrogen-bond acceptors (Lipinski definition) is 3. The summed E-state index contributed by atoms with van der Waals surface area (Å²) in [6.07, 6.45) is 2.46. The van der Waals surface area contributed by atoms with Crippen molar-refractivity contribution in [2.75, 3.05) is 5.73 Å². The normalized spacial score (nSPS) is 16.5. The van der Waals surface area contributed by atoms with Crippen LogP contribution in [0.25, 0.3) is 0 Å². The van der Waals surface area contributed by atoms with Gasteiger partial charge in [-0.25, -0.2) is 9.97 Å². The summed E-state index contributed by atoms with van der Waals surface area (Å²) in [7, 11) is 0. The van der Waals surface area contributed by atoms with Crippen LogP contribution in [0.1, 0.15) is 30.1 Å². The summed E-state index contributed by atoms with van der Waals surface area (Å²) in [5.41, 5.74) is 7.57. The molecule has 0 aliphatic heterocycles. The van der Waals surface area contributed by atoms with Crippen LogP contribution in [0, 0.1) is 6.92 Å². The number of nitrogen functional groups attached to an aromatic ring is 1. The van der Waals surface area contributed by atoms with Crippen LogP contribution >= 0.6 is 15.9 Å². The Morgan fingerprint density at radius 2 is 2.08 bits per heavy atom. The quantitative estimate of drug-likeness (QED) is 0.799. The highest BCUT2D eigenvalue weighted by atomic mass is 79.9. The van der Waals surface area contributed by atoms with Gasteiger partial charge in [-0.1, -0.05) is 0 Å². The molecule has 1 aliphatic carbocycles. The van der Waals surface area contributed by atoms with Gasteiger partial charge in [-0.2, -0.15) is 0 Å². The Morgan fingerprint density at radius 3 is 2.67 bits per heavy atom. The van der Waals surface area contributed by atoms with E-state index in [9.17, 15) is 0 Å². The fourth-order valence-electron chi connectivity index (χ4n) is 1.23. The van der Waals surface area contributed by atoms with Crippen molar-refractivity contribution < 1.29 is 0 Å². The van der Waals surface area contributed by atoms with Gasteiger partial charge >= 0.3 is 0 Å². The van der Waals surface area contributed by atoms with Gasteiger partial charge in [-0.3, -0.25) is 0 Å². The van der Waals surface area contributed by atoms with Gasteiger partial charge in [0, 0.05) is 5.92 Å². The number of aromatic nitrogens is 2. The molecule has 2 rings (SSSR count). The summed E-state index contributed by atoms with van der Waals surface area (Å²) in [6, 6.07) is 0. The molecule has 0 saturated heterocycles. The minimum absolute atomic E-state index is 0.387. The fraction of sp³-hybridized carbons (Fsp3) is 0.500. The third-order valence-electron chi connectivity index (χ3n) is 2.02. The topological polar surface area (TPSA) is 51.8 Å². The van der Waals surface area contributed by atoms with Gasteiger partial charge in [-0.15, -0.1) is 0 Å². The van der Waals surface area contributed by atoms with Gasteiger partial charge in [0.15, 0.2) is 0 Å². The molecule has 0 atom stereocenters. The molecule has 1 fully saturated rings. The first-order chi connectivity index (χ1) is 5.68. The molecule has 0 unspecified atom stereocenters. The van der Waals surface area contributed by atoms with Crippen molar-refractivity contribution in [3.05, 3.63) is 15.9 Å². The molecule has 3 nitrogen and oxygen atoms in total. The summed E-state index contributed by atoms with van der Waals surface area (Å²) < 4.78 is 1.03. The van der Waals surface area contributed by atoms with Crippen LogP contribution in [0.4, 0.5) is 5.95 Å². The van der Waals surface area contributed by atoms with Crippen LogP contribution in [0.15, 0.2) is 4.47 Å². The van der Waals surface area contributed by atoms with Gasteiger partial charge in [0.2, 0.25) is 5.95 Å². The molecule has 0 amide bonds. The number of nitrogens with zero attached hydrogens (tertiary/aromatic N) is 2. The van der Waals surface area contributed by atoms with E-state index in [1.54, 1.807) is 0 Å². The molecular formula is C8H10BrN3. The van der Waals surface area contributed by atoms with E-state index in [2.05, 4.69) is 25.9 Å². The summed E-state index contributed by atoms with van der Waals surface area (Å²) in [5.74, 6) is 1.00. The highest BCUT2D eigenvalue weighted by molar-refractivity contribution is 9.10. The fourth-order valence-corrected chi connectivity index (χ4v) is 1.73. The second-order valence-electron chi connectivity index (χ2n) is 3.14. The Hall–Kier alpha value is -0.640. The summed E-state index contributed by atoms with van der Waals surface area (Å²) in [6.45, 7) is 1.94. The van der Waals surface area contributed by atoms with Gasteiger partial charge in [0.25, 0.3) is 0 Å². The van der Waals surface area contributed by atoms with E-state index in [0.29, 0.717) is 11.9 Å². The third kappa shape index (κ3) is 1.31. The number of halogens is 1. The zero-order valence-corrected chi connectivity index (χ0v) is 8.43. The molecule has 1 saturated carbocycles. The van der Waals surface area contributed by atoms with Crippen molar-refractivity contribution in [3.63, 3.8) is 0 Å². The van der Waals surface area contributed by atoms with Crippen LogP contribution in [-0.2, 0) is 0 Å². The maximum absolute atomic E-state index is 5.55. The summed E-state index contributed by atoms with van der Waals surface area (Å²) >= 11 is 3.47. The summed E-state index contributed by atoms with van der Waals surface area (Å²) in [4.78, 5) is 8.28. The molecule has 64 valence electrons. The molecule has 1 heterocycles. The zero-order valence-electron chi connectivity index (χ0n) is 6.84. The molecular weight excluding hydrogens is 218 g/mol. The number of nitrogens with two attached hydrogens (primary N) is 1. The van der Waals surface area contributed by atoms with Gasteiger partial charge in [0.1, 0.15) is 0 Å². The van der Waals surface area contributed by atoms with Crippen LogP contribution in [-0.4, -0.2) is 9.97 Å². The predicted molar refractivity (Wildman–Crippen MR) is 50.9 cm³/mol. The monoisotopic (exact) mass is 227 g/mol. The maximum Gasteiger partial charge on any atom is 0.220 e. The zero-order chi connectivity index (χ0) is 8.72. The molecule has 2 N–H and O–H groups in total. The first kappa shape index (κ1) is 7.98. The number of hydrogen-bond donors (Lipinski definition) is 1. The Labute approximate surface area is 79.5 Å². The van der Waals surface area contributed by atoms with Crippen LogP contribution in [0.2, 0.25) is 0 Å². The van der Waals surface area contributed by atoms with Crippen molar-refractivity contribution in [2.45, 2.75) is 25.7 Å². The first-order valence-corrected chi connectivity index (χ1v) is 4.77. The van der Waals surface area contributed by atoms with Gasteiger partial charge in [0.05, 0.1) is 15.9 Å². The van der Waals surface area contributed by atoms with Crippen molar-refractivity contribution in [1.29, 1.82) is 0 Å². The van der Waals surface area contributed by atoms with Crippen molar-refractivity contribution >= 4 is 21.9 Å². The molecule has 4 heteroatoms. The highest BCUT2D eigenvalue weighted by Crippen LogP contribution is 2.42. The number of anilines is 1. The second-order valence-corrected chi connectivity index (χ2v) is 3.93. The molecule has 0 aromatic carbocycles.